The van der Waals surface area contributed by atoms with Crippen LogP contribution in [0.2, 0.25) is 0 Å². The van der Waals surface area contributed by atoms with Gasteiger partial charge in [0.1, 0.15) is 27.4 Å². The standard InChI is InChI=1S/C18H24N4O3S/c1-5-7-12-16(23)19-8-9-22(12)15-13-10(3)14(18(24)25-6-2)26-17(13)21-11(4)20-15/h12H,5-9H2,1-4H3,(H,19,23)/t12-/m0/s1. The number of piperazine rings is 1. The molecule has 7 nitrogen and oxygen atoms in total. The summed E-state index contributed by atoms with van der Waals surface area (Å²) in [5.41, 5.74) is 0.819. The number of rotatable bonds is 5. The van der Waals surface area contributed by atoms with Crippen molar-refractivity contribution >= 4 is 39.2 Å². The molecule has 3 rings (SSSR count). The van der Waals surface area contributed by atoms with Crippen LogP contribution >= 0.6 is 11.3 Å². The van der Waals surface area contributed by atoms with Crippen molar-refractivity contribution in [3.05, 3.63) is 16.3 Å². The summed E-state index contributed by atoms with van der Waals surface area (Å²) < 4.78 is 5.18. The number of fused-ring (bicyclic) bond motifs is 1. The highest BCUT2D eigenvalue weighted by Crippen LogP contribution is 2.37. The zero-order valence-electron chi connectivity index (χ0n) is 15.6. The van der Waals surface area contributed by atoms with Gasteiger partial charge in [-0.3, -0.25) is 4.79 Å². The normalized spacial score (nSPS) is 17.5. The van der Waals surface area contributed by atoms with Gasteiger partial charge in [0.25, 0.3) is 0 Å². The third kappa shape index (κ3) is 3.25. The molecule has 1 saturated heterocycles. The summed E-state index contributed by atoms with van der Waals surface area (Å²) in [5, 5.41) is 3.79. The highest BCUT2D eigenvalue weighted by molar-refractivity contribution is 7.20. The largest absolute Gasteiger partial charge is 0.462 e. The summed E-state index contributed by atoms with van der Waals surface area (Å²) in [6.45, 7) is 9.18. The molecule has 1 aliphatic heterocycles. The van der Waals surface area contributed by atoms with Gasteiger partial charge in [-0.1, -0.05) is 13.3 Å². The molecule has 1 atom stereocenters. The molecule has 1 aliphatic rings. The second-order valence-electron chi connectivity index (χ2n) is 6.34. The lowest BCUT2D eigenvalue weighted by atomic mass is 10.1. The first-order chi connectivity index (χ1) is 12.5. The van der Waals surface area contributed by atoms with Gasteiger partial charge in [0, 0.05) is 13.1 Å². The van der Waals surface area contributed by atoms with Crippen LogP contribution in [0.1, 0.15) is 47.7 Å². The molecule has 3 heterocycles. The van der Waals surface area contributed by atoms with Crippen molar-refractivity contribution in [1.82, 2.24) is 15.3 Å². The molecule has 1 fully saturated rings. The second kappa shape index (κ2) is 7.57. The van der Waals surface area contributed by atoms with E-state index in [4.69, 9.17) is 4.74 Å². The van der Waals surface area contributed by atoms with E-state index in [1.54, 1.807) is 6.92 Å². The van der Waals surface area contributed by atoms with E-state index in [2.05, 4.69) is 27.1 Å². The van der Waals surface area contributed by atoms with Crippen LogP contribution in [0.3, 0.4) is 0 Å². The Kier molecular flexibility index (Phi) is 5.41. The van der Waals surface area contributed by atoms with Crippen molar-refractivity contribution < 1.29 is 14.3 Å². The Morgan fingerprint density at radius 3 is 2.81 bits per heavy atom. The number of carbonyl (C=O) groups is 2. The molecule has 0 unspecified atom stereocenters. The molecule has 26 heavy (non-hydrogen) atoms. The predicted molar refractivity (Wildman–Crippen MR) is 102 cm³/mol. The van der Waals surface area contributed by atoms with Crippen LogP contribution in [0, 0.1) is 13.8 Å². The molecule has 2 aromatic heterocycles. The Hall–Kier alpha value is -2.22. The summed E-state index contributed by atoms with van der Waals surface area (Å²) in [5.74, 6) is 1.06. The number of amides is 1. The van der Waals surface area contributed by atoms with Crippen molar-refractivity contribution in [2.45, 2.75) is 46.6 Å². The van der Waals surface area contributed by atoms with Crippen LogP contribution in [0.4, 0.5) is 5.82 Å². The van der Waals surface area contributed by atoms with Crippen molar-refractivity contribution in [3.8, 4) is 0 Å². The zero-order valence-corrected chi connectivity index (χ0v) is 16.4. The molecule has 0 aromatic carbocycles. The Balaban J connectivity index is 2.15. The summed E-state index contributed by atoms with van der Waals surface area (Å²) in [7, 11) is 0. The number of nitrogens with zero attached hydrogens (tertiary/aromatic N) is 3. The van der Waals surface area contributed by atoms with E-state index in [-0.39, 0.29) is 17.9 Å². The average molecular weight is 376 g/mol. The molecule has 0 saturated carbocycles. The van der Waals surface area contributed by atoms with Crippen LogP contribution in [0.5, 0.6) is 0 Å². The van der Waals surface area contributed by atoms with Crippen molar-refractivity contribution in [2.75, 3.05) is 24.6 Å². The van der Waals surface area contributed by atoms with Gasteiger partial charge in [0.2, 0.25) is 5.91 Å². The molecule has 2 aromatic rings. The minimum Gasteiger partial charge on any atom is -0.462 e. The number of carbonyl (C=O) groups excluding carboxylic acids is 2. The second-order valence-corrected chi connectivity index (χ2v) is 7.34. The minimum absolute atomic E-state index is 0.0287. The first-order valence-electron chi connectivity index (χ1n) is 8.97. The van der Waals surface area contributed by atoms with Crippen LogP contribution in [0.25, 0.3) is 10.2 Å². The molecule has 140 valence electrons. The van der Waals surface area contributed by atoms with Crippen molar-refractivity contribution in [1.29, 1.82) is 0 Å². The van der Waals surface area contributed by atoms with E-state index in [0.717, 1.165) is 34.4 Å². The number of hydrogen-bond donors (Lipinski definition) is 1. The molecular formula is C18H24N4O3S. The molecule has 0 aliphatic carbocycles. The lowest BCUT2D eigenvalue weighted by Crippen LogP contribution is -2.55. The van der Waals surface area contributed by atoms with Crippen LogP contribution in [0.15, 0.2) is 0 Å². The predicted octanol–water partition coefficient (Wildman–Crippen LogP) is 2.59. The van der Waals surface area contributed by atoms with Crippen LogP contribution in [-0.2, 0) is 9.53 Å². The van der Waals surface area contributed by atoms with Gasteiger partial charge >= 0.3 is 5.97 Å². The first kappa shape index (κ1) is 18.6. The number of thiophene rings is 1. The monoisotopic (exact) mass is 376 g/mol. The quantitative estimate of drug-likeness (QED) is 0.808. The van der Waals surface area contributed by atoms with Gasteiger partial charge in [0.15, 0.2) is 0 Å². The van der Waals surface area contributed by atoms with Gasteiger partial charge in [-0.05, 0) is 32.8 Å². The van der Waals surface area contributed by atoms with E-state index < -0.39 is 0 Å². The first-order valence-corrected chi connectivity index (χ1v) is 9.78. The maximum atomic E-state index is 12.4. The van der Waals surface area contributed by atoms with Gasteiger partial charge in [-0.25, -0.2) is 14.8 Å². The van der Waals surface area contributed by atoms with E-state index in [0.29, 0.717) is 30.4 Å². The highest BCUT2D eigenvalue weighted by atomic mass is 32.1. The maximum absolute atomic E-state index is 12.4. The SMILES string of the molecule is CCC[C@H]1C(=O)NCCN1c1nc(C)nc2sc(C(=O)OCC)c(C)c12. The number of anilines is 1. The van der Waals surface area contributed by atoms with E-state index in [1.165, 1.54) is 11.3 Å². The molecule has 0 bridgehead atoms. The number of esters is 1. The molecular weight excluding hydrogens is 352 g/mol. The fourth-order valence-corrected chi connectivity index (χ4v) is 4.46. The third-order valence-corrected chi connectivity index (χ3v) is 5.67. The average Bonchev–Trinajstić information content (AvgIpc) is 2.93. The Bertz CT molecular complexity index is 849. The van der Waals surface area contributed by atoms with Gasteiger partial charge in [-0.2, -0.15) is 0 Å². The number of nitrogens with one attached hydrogen (secondary N) is 1. The maximum Gasteiger partial charge on any atom is 0.348 e. The van der Waals surface area contributed by atoms with E-state index in [9.17, 15) is 9.59 Å². The summed E-state index contributed by atoms with van der Waals surface area (Å²) in [6, 6.07) is -0.253. The number of aryl methyl sites for hydroxylation is 2. The zero-order chi connectivity index (χ0) is 18.8. The van der Waals surface area contributed by atoms with Gasteiger partial charge in [0.05, 0.1) is 12.0 Å². The number of ether oxygens (including phenoxy) is 1. The number of aromatic nitrogens is 2. The highest BCUT2D eigenvalue weighted by Gasteiger charge is 2.32. The van der Waals surface area contributed by atoms with Crippen LogP contribution in [-0.4, -0.2) is 47.6 Å². The lowest BCUT2D eigenvalue weighted by molar-refractivity contribution is -0.123. The van der Waals surface area contributed by atoms with Gasteiger partial charge < -0.3 is 15.0 Å². The topological polar surface area (TPSA) is 84.4 Å². The lowest BCUT2D eigenvalue weighted by Gasteiger charge is -2.36. The molecule has 1 N–H and O–H groups in total. The molecule has 0 spiro atoms. The molecule has 0 radical (unpaired) electrons. The van der Waals surface area contributed by atoms with Crippen molar-refractivity contribution in [2.24, 2.45) is 0 Å². The smallest absolute Gasteiger partial charge is 0.348 e. The molecule has 8 heteroatoms. The fourth-order valence-electron chi connectivity index (χ4n) is 3.35. The Labute approximate surface area is 156 Å². The van der Waals surface area contributed by atoms with Crippen LogP contribution < -0.4 is 10.2 Å². The summed E-state index contributed by atoms with van der Waals surface area (Å²) >= 11 is 1.33. The van der Waals surface area contributed by atoms with E-state index >= 15 is 0 Å². The summed E-state index contributed by atoms with van der Waals surface area (Å²) in [6.07, 6.45) is 1.66. The fraction of sp³-hybridized carbons (Fsp3) is 0.556. The molecule has 1 amide bonds. The summed E-state index contributed by atoms with van der Waals surface area (Å²) in [4.78, 5) is 37.2. The Morgan fingerprint density at radius 2 is 2.12 bits per heavy atom. The number of hydrogen-bond acceptors (Lipinski definition) is 7. The van der Waals surface area contributed by atoms with E-state index in [1.807, 2.05) is 13.8 Å². The van der Waals surface area contributed by atoms with Crippen molar-refractivity contribution in [3.63, 3.8) is 0 Å². The minimum atomic E-state index is -0.335. The third-order valence-electron chi connectivity index (χ3n) is 4.51. The van der Waals surface area contributed by atoms with Gasteiger partial charge in [-0.15, -0.1) is 11.3 Å². The Morgan fingerprint density at radius 1 is 1.35 bits per heavy atom.